The maximum atomic E-state index is 7.73. The number of nitrogens with one attached hydrogen (secondary N) is 2. The van der Waals surface area contributed by atoms with Crippen molar-refractivity contribution in [2.45, 2.75) is 26.7 Å². The first-order valence-corrected chi connectivity index (χ1v) is 4.95. The Labute approximate surface area is 90.3 Å². The fourth-order valence-corrected chi connectivity index (χ4v) is 1.63. The lowest BCUT2D eigenvalue weighted by molar-refractivity contribution is 1.15. The van der Waals surface area contributed by atoms with E-state index in [1.165, 1.54) is 16.7 Å². The first-order valence-electron chi connectivity index (χ1n) is 4.95. The molecule has 1 rings (SSSR count). The highest BCUT2D eigenvalue weighted by Crippen LogP contribution is 2.14. The SMILES string of the molecule is Cc1cccc(C)c1CC(=N)CC(=N)N. The summed E-state index contributed by atoms with van der Waals surface area (Å²) < 4.78 is 0. The van der Waals surface area contributed by atoms with Gasteiger partial charge in [0.2, 0.25) is 0 Å². The van der Waals surface area contributed by atoms with Crippen molar-refractivity contribution in [3.05, 3.63) is 34.9 Å². The van der Waals surface area contributed by atoms with Gasteiger partial charge in [-0.25, -0.2) is 0 Å². The van der Waals surface area contributed by atoms with E-state index in [-0.39, 0.29) is 12.3 Å². The van der Waals surface area contributed by atoms with Crippen molar-refractivity contribution in [2.24, 2.45) is 5.73 Å². The molecule has 0 amide bonds. The average molecular weight is 203 g/mol. The second-order valence-electron chi connectivity index (χ2n) is 3.85. The van der Waals surface area contributed by atoms with Crippen LogP contribution in [0, 0.1) is 24.7 Å². The van der Waals surface area contributed by atoms with Gasteiger partial charge in [0.15, 0.2) is 0 Å². The minimum atomic E-state index is 0.0613. The van der Waals surface area contributed by atoms with Crippen LogP contribution < -0.4 is 5.73 Å². The van der Waals surface area contributed by atoms with Crippen LogP contribution in [0.15, 0.2) is 18.2 Å². The zero-order chi connectivity index (χ0) is 11.4. The molecule has 1 aromatic carbocycles. The Morgan fingerprint density at radius 2 is 1.73 bits per heavy atom. The Morgan fingerprint density at radius 1 is 1.20 bits per heavy atom. The molecule has 0 aliphatic carbocycles. The van der Waals surface area contributed by atoms with Gasteiger partial charge in [-0.15, -0.1) is 0 Å². The maximum absolute atomic E-state index is 7.73. The van der Waals surface area contributed by atoms with Gasteiger partial charge in [0.25, 0.3) is 0 Å². The summed E-state index contributed by atoms with van der Waals surface area (Å²) in [6.45, 7) is 4.09. The lowest BCUT2D eigenvalue weighted by Crippen LogP contribution is -2.17. The van der Waals surface area contributed by atoms with E-state index in [4.69, 9.17) is 16.6 Å². The molecule has 1 aromatic rings. The quantitative estimate of drug-likeness (QED) is 0.509. The van der Waals surface area contributed by atoms with Gasteiger partial charge < -0.3 is 11.1 Å². The van der Waals surface area contributed by atoms with Gasteiger partial charge in [-0.3, -0.25) is 5.41 Å². The van der Waals surface area contributed by atoms with Gasteiger partial charge in [-0.05, 0) is 30.5 Å². The normalized spacial score (nSPS) is 10.0. The van der Waals surface area contributed by atoms with Crippen LogP contribution in [-0.4, -0.2) is 11.5 Å². The summed E-state index contributed by atoms with van der Waals surface area (Å²) in [5, 5.41) is 14.9. The van der Waals surface area contributed by atoms with Crippen LogP contribution in [0.5, 0.6) is 0 Å². The molecular weight excluding hydrogens is 186 g/mol. The minimum Gasteiger partial charge on any atom is -0.387 e. The third kappa shape index (κ3) is 3.20. The Bertz CT molecular complexity index is 374. The predicted octanol–water partition coefficient (Wildman–Crippen LogP) is 2.19. The molecule has 3 heteroatoms. The number of hydrogen-bond donors (Lipinski definition) is 3. The third-order valence-electron chi connectivity index (χ3n) is 2.44. The molecule has 4 N–H and O–H groups in total. The van der Waals surface area contributed by atoms with Crippen molar-refractivity contribution < 1.29 is 0 Å². The monoisotopic (exact) mass is 203 g/mol. The highest BCUT2D eigenvalue weighted by Gasteiger charge is 2.06. The Hall–Kier alpha value is -1.64. The predicted molar refractivity (Wildman–Crippen MR) is 63.9 cm³/mol. The fraction of sp³-hybridized carbons (Fsp3) is 0.333. The number of nitrogens with two attached hydrogens (primary N) is 1. The summed E-state index contributed by atoms with van der Waals surface area (Å²) in [5.41, 5.74) is 9.34. The van der Waals surface area contributed by atoms with Gasteiger partial charge >= 0.3 is 0 Å². The summed E-state index contributed by atoms with van der Waals surface area (Å²) in [4.78, 5) is 0. The second kappa shape index (κ2) is 4.73. The lowest BCUT2D eigenvalue weighted by atomic mass is 9.97. The molecular formula is C12H17N3. The molecule has 0 aliphatic rings. The minimum absolute atomic E-state index is 0.0613. The molecule has 0 aromatic heterocycles. The summed E-state index contributed by atoms with van der Waals surface area (Å²) in [7, 11) is 0. The number of hydrogen-bond acceptors (Lipinski definition) is 2. The van der Waals surface area contributed by atoms with Gasteiger partial charge in [0.05, 0.1) is 5.84 Å². The zero-order valence-corrected chi connectivity index (χ0v) is 9.22. The van der Waals surface area contributed by atoms with E-state index in [0.717, 1.165) is 0 Å². The molecule has 0 unspecified atom stereocenters. The largest absolute Gasteiger partial charge is 0.387 e. The molecule has 3 nitrogen and oxygen atoms in total. The second-order valence-corrected chi connectivity index (χ2v) is 3.85. The Morgan fingerprint density at radius 3 is 2.20 bits per heavy atom. The number of aryl methyl sites for hydroxylation is 2. The van der Waals surface area contributed by atoms with Crippen LogP contribution in [0.1, 0.15) is 23.1 Å². The fourth-order valence-electron chi connectivity index (χ4n) is 1.63. The average Bonchev–Trinajstić information content (AvgIpc) is 2.10. The van der Waals surface area contributed by atoms with E-state index in [9.17, 15) is 0 Å². The number of rotatable bonds is 4. The highest BCUT2D eigenvalue weighted by molar-refractivity contribution is 6.01. The molecule has 0 heterocycles. The summed E-state index contributed by atoms with van der Waals surface area (Å²) in [5.74, 6) is 0.0613. The van der Waals surface area contributed by atoms with Crippen molar-refractivity contribution in [1.82, 2.24) is 0 Å². The van der Waals surface area contributed by atoms with Gasteiger partial charge in [0.1, 0.15) is 0 Å². The summed E-state index contributed by atoms with van der Waals surface area (Å²) in [6.07, 6.45) is 0.867. The van der Waals surface area contributed by atoms with E-state index >= 15 is 0 Å². The van der Waals surface area contributed by atoms with Crippen molar-refractivity contribution in [1.29, 1.82) is 10.8 Å². The molecule has 0 saturated heterocycles. The molecule has 80 valence electrons. The van der Waals surface area contributed by atoms with E-state index < -0.39 is 0 Å². The van der Waals surface area contributed by atoms with Gasteiger partial charge in [-0.1, -0.05) is 18.2 Å². The van der Waals surface area contributed by atoms with Crippen LogP contribution in [0.25, 0.3) is 0 Å². The molecule has 0 fully saturated rings. The smallest absolute Gasteiger partial charge is 0.0962 e. The topological polar surface area (TPSA) is 73.7 Å². The first kappa shape index (κ1) is 11.4. The van der Waals surface area contributed by atoms with Crippen LogP contribution in [-0.2, 0) is 6.42 Å². The Balaban J connectivity index is 2.80. The molecule has 0 spiro atoms. The van der Waals surface area contributed by atoms with E-state index in [1.807, 2.05) is 32.0 Å². The van der Waals surface area contributed by atoms with Crippen molar-refractivity contribution in [3.8, 4) is 0 Å². The van der Waals surface area contributed by atoms with Crippen molar-refractivity contribution in [2.75, 3.05) is 0 Å². The van der Waals surface area contributed by atoms with Crippen LogP contribution in [0.3, 0.4) is 0 Å². The van der Waals surface area contributed by atoms with E-state index in [1.54, 1.807) is 0 Å². The van der Waals surface area contributed by atoms with Gasteiger partial charge in [0, 0.05) is 18.6 Å². The van der Waals surface area contributed by atoms with E-state index in [2.05, 4.69) is 0 Å². The van der Waals surface area contributed by atoms with E-state index in [0.29, 0.717) is 12.1 Å². The molecule has 15 heavy (non-hydrogen) atoms. The summed E-state index contributed by atoms with van der Waals surface area (Å²) >= 11 is 0. The first-order chi connectivity index (χ1) is 7.00. The molecule has 0 radical (unpaired) electrons. The van der Waals surface area contributed by atoms with Crippen LogP contribution in [0.4, 0.5) is 0 Å². The van der Waals surface area contributed by atoms with Crippen molar-refractivity contribution in [3.63, 3.8) is 0 Å². The van der Waals surface area contributed by atoms with Gasteiger partial charge in [-0.2, -0.15) is 0 Å². The van der Waals surface area contributed by atoms with Crippen LogP contribution >= 0.6 is 0 Å². The van der Waals surface area contributed by atoms with Crippen molar-refractivity contribution >= 4 is 11.5 Å². The third-order valence-corrected chi connectivity index (χ3v) is 2.44. The maximum Gasteiger partial charge on any atom is 0.0962 e. The molecule has 0 atom stereocenters. The lowest BCUT2D eigenvalue weighted by Gasteiger charge is -2.09. The standard InChI is InChI=1S/C12H17N3/c1-8-4-3-5-9(2)11(8)6-10(13)7-12(14)15/h3-5,13H,6-7H2,1-2H3,(H3,14,15). The number of benzene rings is 1. The summed E-state index contributed by atoms with van der Waals surface area (Å²) in [6, 6.07) is 6.11. The molecule has 0 aliphatic heterocycles. The zero-order valence-electron chi connectivity index (χ0n) is 9.22. The molecule has 0 bridgehead atoms. The molecule has 0 saturated carbocycles. The number of amidine groups is 1. The Kier molecular flexibility index (Phi) is 3.61. The highest BCUT2D eigenvalue weighted by atomic mass is 14.7. The van der Waals surface area contributed by atoms with Crippen LogP contribution in [0.2, 0.25) is 0 Å².